The number of hydrogen-bond donors (Lipinski definition) is 0. The van der Waals surface area contributed by atoms with Crippen LogP contribution in [-0.4, -0.2) is 49.1 Å². The zero-order valence-corrected chi connectivity index (χ0v) is 21.5. The van der Waals surface area contributed by atoms with Crippen molar-refractivity contribution in [1.29, 1.82) is 0 Å². The lowest BCUT2D eigenvalue weighted by Crippen LogP contribution is -2.44. The molecule has 0 spiro atoms. The predicted molar refractivity (Wildman–Crippen MR) is 139 cm³/mol. The summed E-state index contributed by atoms with van der Waals surface area (Å²) in [6.45, 7) is 12.2. The molecule has 0 N–H and O–H groups in total. The Kier molecular flexibility index (Phi) is 6.12. The fourth-order valence-electron chi connectivity index (χ4n) is 4.97. The van der Waals surface area contributed by atoms with Crippen molar-refractivity contribution in [2.24, 2.45) is 0 Å². The number of rotatable bonds is 5. The highest BCUT2D eigenvalue weighted by Crippen LogP contribution is 2.30. The average molecular weight is 486 g/mol. The van der Waals surface area contributed by atoms with E-state index in [1.54, 1.807) is 29.8 Å². The molecule has 0 radical (unpaired) electrons. The molecule has 0 saturated carbocycles. The third kappa shape index (κ3) is 4.51. The summed E-state index contributed by atoms with van der Waals surface area (Å²) in [5, 5.41) is 4.75. The van der Waals surface area contributed by atoms with Crippen LogP contribution in [0.2, 0.25) is 0 Å². The van der Waals surface area contributed by atoms with Gasteiger partial charge in [0.1, 0.15) is 11.5 Å². The molecule has 2 aromatic heterocycles. The van der Waals surface area contributed by atoms with Gasteiger partial charge < -0.3 is 4.90 Å². The highest BCUT2D eigenvalue weighted by Gasteiger charge is 2.41. The molecule has 1 aliphatic heterocycles. The van der Waals surface area contributed by atoms with Crippen molar-refractivity contribution in [2.45, 2.75) is 52.6 Å². The van der Waals surface area contributed by atoms with Gasteiger partial charge in [0.25, 0.3) is 5.91 Å². The minimum Gasteiger partial charge on any atom is -0.318 e. The quantitative estimate of drug-likeness (QED) is 0.366. The SMILES string of the molecule is Cc1cc(-c2cc(C(C)C)c3nc(C(=O)N4CN(Cc5ccccc5)CC4(C)C)cn3n2)ccc1F. The van der Waals surface area contributed by atoms with Gasteiger partial charge in [-0.2, -0.15) is 5.10 Å². The van der Waals surface area contributed by atoms with Crippen molar-refractivity contribution in [3.8, 4) is 11.3 Å². The monoisotopic (exact) mass is 485 g/mol. The van der Waals surface area contributed by atoms with E-state index in [9.17, 15) is 9.18 Å². The second-order valence-corrected chi connectivity index (χ2v) is 10.7. The number of amides is 1. The van der Waals surface area contributed by atoms with Crippen molar-refractivity contribution in [2.75, 3.05) is 13.2 Å². The Hall–Kier alpha value is -3.58. The van der Waals surface area contributed by atoms with E-state index in [2.05, 4.69) is 44.7 Å². The Morgan fingerprint density at radius 3 is 2.56 bits per heavy atom. The van der Waals surface area contributed by atoms with E-state index in [1.807, 2.05) is 29.2 Å². The van der Waals surface area contributed by atoms with Crippen LogP contribution in [0, 0.1) is 12.7 Å². The lowest BCUT2D eigenvalue weighted by Gasteiger charge is -2.29. The topological polar surface area (TPSA) is 53.7 Å². The summed E-state index contributed by atoms with van der Waals surface area (Å²) in [5.74, 6) is -0.172. The number of halogens is 1. The van der Waals surface area contributed by atoms with Crippen molar-refractivity contribution in [1.82, 2.24) is 24.4 Å². The maximum Gasteiger partial charge on any atom is 0.275 e. The van der Waals surface area contributed by atoms with E-state index in [1.165, 1.54) is 11.6 Å². The number of carbonyl (C=O) groups is 1. The first kappa shape index (κ1) is 24.1. The molecule has 1 amide bonds. The molecule has 0 bridgehead atoms. The molecule has 0 aliphatic carbocycles. The summed E-state index contributed by atoms with van der Waals surface area (Å²) in [7, 11) is 0. The Balaban J connectivity index is 1.47. The maximum absolute atomic E-state index is 13.8. The van der Waals surface area contributed by atoms with Crippen LogP contribution in [0.3, 0.4) is 0 Å². The average Bonchev–Trinajstić information content (AvgIpc) is 3.40. The molecule has 1 saturated heterocycles. The van der Waals surface area contributed by atoms with Gasteiger partial charge in [0.05, 0.1) is 24.1 Å². The Labute approximate surface area is 211 Å². The summed E-state index contributed by atoms with van der Waals surface area (Å²) in [4.78, 5) is 22.6. The van der Waals surface area contributed by atoms with Gasteiger partial charge >= 0.3 is 0 Å². The second kappa shape index (κ2) is 9.13. The van der Waals surface area contributed by atoms with Gasteiger partial charge in [-0.05, 0) is 62.1 Å². The molecule has 0 atom stereocenters. The molecule has 0 unspecified atom stereocenters. The van der Waals surface area contributed by atoms with Gasteiger partial charge in [-0.3, -0.25) is 9.69 Å². The third-order valence-corrected chi connectivity index (χ3v) is 6.93. The zero-order valence-electron chi connectivity index (χ0n) is 21.5. The molecule has 3 heterocycles. The molecule has 36 heavy (non-hydrogen) atoms. The van der Waals surface area contributed by atoms with Gasteiger partial charge in [-0.1, -0.05) is 44.2 Å². The molecule has 2 aromatic carbocycles. The largest absolute Gasteiger partial charge is 0.318 e. The highest BCUT2D eigenvalue weighted by molar-refractivity contribution is 5.93. The van der Waals surface area contributed by atoms with Crippen LogP contribution in [0.15, 0.2) is 60.8 Å². The standard InChI is InChI=1S/C29H32FN5O/c1-19(2)23-14-25(22-11-12-24(30)20(3)13-22)32-35-16-26(31-27(23)35)28(36)34-18-33(17-29(34,4)5)15-21-9-7-6-8-10-21/h6-14,16,19H,15,17-18H2,1-5H3. The number of nitrogens with zero attached hydrogens (tertiary/aromatic N) is 5. The van der Waals surface area contributed by atoms with E-state index in [4.69, 9.17) is 10.1 Å². The molecule has 186 valence electrons. The summed E-state index contributed by atoms with van der Waals surface area (Å²) in [6.07, 6.45) is 1.72. The molecule has 1 fully saturated rings. The summed E-state index contributed by atoms with van der Waals surface area (Å²) in [5.41, 5.74) is 5.07. The minimum absolute atomic E-state index is 0.102. The third-order valence-electron chi connectivity index (χ3n) is 6.93. The predicted octanol–water partition coefficient (Wildman–Crippen LogP) is 5.66. The normalized spacial score (nSPS) is 15.8. The first-order valence-corrected chi connectivity index (χ1v) is 12.4. The van der Waals surface area contributed by atoms with E-state index in [0.29, 0.717) is 23.6 Å². The first-order chi connectivity index (χ1) is 17.1. The van der Waals surface area contributed by atoms with Crippen LogP contribution in [0.5, 0.6) is 0 Å². The molecular weight excluding hydrogens is 453 g/mol. The number of imidazole rings is 1. The van der Waals surface area contributed by atoms with Gasteiger partial charge in [0, 0.05) is 24.2 Å². The highest BCUT2D eigenvalue weighted by atomic mass is 19.1. The van der Waals surface area contributed by atoms with Gasteiger partial charge in [0.15, 0.2) is 5.65 Å². The Morgan fingerprint density at radius 2 is 1.86 bits per heavy atom. The van der Waals surface area contributed by atoms with Gasteiger partial charge in [-0.25, -0.2) is 13.9 Å². The number of aromatic nitrogens is 3. The lowest BCUT2D eigenvalue weighted by molar-refractivity contribution is 0.0639. The van der Waals surface area contributed by atoms with E-state index in [-0.39, 0.29) is 23.2 Å². The number of benzene rings is 2. The molecule has 1 aliphatic rings. The van der Waals surface area contributed by atoms with E-state index in [0.717, 1.165) is 29.9 Å². The van der Waals surface area contributed by atoms with Gasteiger partial charge in [-0.15, -0.1) is 0 Å². The van der Waals surface area contributed by atoms with Crippen LogP contribution >= 0.6 is 0 Å². The van der Waals surface area contributed by atoms with Gasteiger partial charge in [0.2, 0.25) is 0 Å². The lowest BCUT2D eigenvalue weighted by atomic mass is 10.0. The van der Waals surface area contributed by atoms with Crippen molar-refractivity contribution in [3.63, 3.8) is 0 Å². The van der Waals surface area contributed by atoms with Crippen LogP contribution in [0.25, 0.3) is 16.9 Å². The van der Waals surface area contributed by atoms with Crippen LogP contribution in [0.1, 0.15) is 60.8 Å². The van der Waals surface area contributed by atoms with Crippen molar-refractivity contribution >= 4 is 11.6 Å². The summed E-state index contributed by atoms with van der Waals surface area (Å²) in [6, 6.07) is 17.3. The number of aryl methyl sites for hydroxylation is 1. The maximum atomic E-state index is 13.8. The smallest absolute Gasteiger partial charge is 0.275 e. The summed E-state index contributed by atoms with van der Waals surface area (Å²) >= 11 is 0. The van der Waals surface area contributed by atoms with E-state index >= 15 is 0 Å². The fourth-order valence-corrected chi connectivity index (χ4v) is 4.97. The Morgan fingerprint density at radius 1 is 1.11 bits per heavy atom. The zero-order chi connectivity index (χ0) is 25.6. The second-order valence-electron chi connectivity index (χ2n) is 10.7. The molecule has 7 heteroatoms. The van der Waals surface area contributed by atoms with Crippen LogP contribution in [-0.2, 0) is 6.54 Å². The van der Waals surface area contributed by atoms with Crippen LogP contribution in [0.4, 0.5) is 4.39 Å². The van der Waals surface area contributed by atoms with Crippen molar-refractivity contribution in [3.05, 3.63) is 89.0 Å². The number of carbonyl (C=O) groups excluding carboxylic acids is 1. The molecule has 4 aromatic rings. The molecular formula is C29H32FN5O. The Bertz CT molecular complexity index is 1430. The van der Waals surface area contributed by atoms with Crippen molar-refractivity contribution < 1.29 is 9.18 Å². The minimum atomic E-state index is -0.327. The first-order valence-electron chi connectivity index (χ1n) is 12.4. The molecule has 6 nitrogen and oxygen atoms in total. The molecule has 5 rings (SSSR count). The summed E-state index contributed by atoms with van der Waals surface area (Å²) < 4.78 is 15.5. The number of hydrogen-bond acceptors (Lipinski definition) is 4. The fraction of sp³-hybridized carbons (Fsp3) is 0.345. The van der Waals surface area contributed by atoms with E-state index < -0.39 is 0 Å². The number of fused-ring (bicyclic) bond motifs is 1. The van der Waals surface area contributed by atoms with Crippen LogP contribution < -0.4 is 0 Å².